The fraction of sp³-hybridized carbons (Fsp3) is 0.480. The molecule has 1 amide bonds. The number of hydrogen-bond donors (Lipinski definition) is 0. The highest BCUT2D eigenvalue weighted by atomic mass is 16.6. The summed E-state index contributed by atoms with van der Waals surface area (Å²) in [5.41, 5.74) is 3.68. The van der Waals surface area contributed by atoms with Gasteiger partial charge in [-0.3, -0.25) is 0 Å². The number of anilines is 1. The van der Waals surface area contributed by atoms with Crippen molar-refractivity contribution in [2.75, 3.05) is 50.7 Å². The minimum Gasteiger partial charge on any atom is -0.446 e. The van der Waals surface area contributed by atoms with Crippen LogP contribution >= 0.6 is 0 Å². The van der Waals surface area contributed by atoms with Gasteiger partial charge in [-0.05, 0) is 61.5 Å². The van der Waals surface area contributed by atoms with Crippen molar-refractivity contribution in [3.8, 4) is 11.1 Å². The average molecular weight is 406 g/mol. The summed E-state index contributed by atoms with van der Waals surface area (Å²) >= 11 is 0. The van der Waals surface area contributed by atoms with Crippen LogP contribution in [0.25, 0.3) is 11.1 Å². The summed E-state index contributed by atoms with van der Waals surface area (Å²) in [7, 11) is 0. The summed E-state index contributed by atoms with van der Waals surface area (Å²) in [6, 6.07) is 19.2. The lowest BCUT2D eigenvalue weighted by Gasteiger charge is -2.37. The highest BCUT2D eigenvalue weighted by molar-refractivity contribution is 5.70. The molecule has 2 aromatic rings. The van der Waals surface area contributed by atoms with Crippen molar-refractivity contribution < 1.29 is 9.53 Å². The maximum Gasteiger partial charge on any atom is 0.410 e. The maximum atomic E-state index is 12.8. The molecule has 4 fully saturated rings. The van der Waals surface area contributed by atoms with Crippen molar-refractivity contribution in [3.05, 3.63) is 54.6 Å². The van der Waals surface area contributed by atoms with Gasteiger partial charge in [-0.2, -0.15) is 0 Å². The van der Waals surface area contributed by atoms with E-state index in [4.69, 9.17) is 4.74 Å². The van der Waals surface area contributed by atoms with E-state index < -0.39 is 0 Å². The van der Waals surface area contributed by atoms with Gasteiger partial charge in [0, 0.05) is 38.4 Å². The summed E-state index contributed by atoms with van der Waals surface area (Å²) in [5.74, 6) is 0.551. The van der Waals surface area contributed by atoms with Crippen molar-refractivity contribution in [2.45, 2.75) is 25.4 Å². The van der Waals surface area contributed by atoms with Gasteiger partial charge in [0.15, 0.2) is 0 Å². The average Bonchev–Trinajstić information content (AvgIpc) is 3.13. The monoisotopic (exact) mass is 405 g/mol. The SMILES string of the molecule is O=C(OC1CCN2CCC1CC2)N1CCN(c2cccc(-c3ccccc3)c2)CC1. The molecule has 4 saturated heterocycles. The number of rotatable bonds is 3. The Kier molecular flexibility index (Phi) is 5.63. The molecule has 0 N–H and O–H groups in total. The fourth-order valence-corrected chi connectivity index (χ4v) is 5.11. The highest BCUT2D eigenvalue weighted by Crippen LogP contribution is 2.30. The first-order valence-corrected chi connectivity index (χ1v) is 11.3. The third-order valence-corrected chi connectivity index (χ3v) is 7.00. The third-order valence-electron chi connectivity index (χ3n) is 7.00. The lowest BCUT2D eigenvalue weighted by Crippen LogP contribution is -2.50. The van der Waals surface area contributed by atoms with E-state index in [9.17, 15) is 4.79 Å². The predicted octanol–water partition coefficient (Wildman–Crippen LogP) is 4.10. The topological polar surface area (TPSA) is 36.0 Å². The molecule has 158 valence electrons. The number of piperidine rings is 1. The van der Waals surface area contributed by atoms with Crippen LogP contribution in [-0.2, 0) is 4.74 Å². The van der Waals surface area contributed by atoms with E-state index in [2.05, 4.69) is 58.3 Å². The molecule has 4 heterocycles. The molecule has 0 aromatic heterocycles. The van der Waals surface area contributed by atoms with Gasteiger partial charge < -0.3 is 19.4 Å². The van der Waals surface area contributed by atoms with Gasteiger partial charge in [-0.25, -0.2) is 4.79 Å². The van der Waals surface area contributed by atoms with E-state index in [-0.39, 0.29) is 12.2 Å². The minimum absolute atomic E-state index is 0.102. The standard InChI is InChI=1S/C25H31N3O2/c29-25(30-24-11-14-26-12-9-21(24)10-13-26)28-17-15-27(16-18-28)23-8-4-7-22(19-23)20-5-2-1-3-6-20/h1-8,19,21,24H,9-18H2. The molecule has 0 spiro atoms. The quantitative estimate of drug-likeness (QED) is 0.770. The molecule has 0 radical (unpaired) electrons. The van der Waals surface area contributed by atoms with Crippen molar-refractivity contribution in [2.24, 2.45) is 5.92 Å². The van der Waals surface area contributed by atoms with Gasteiger partial charge in [0.2, 0.25) is 0 Å². The van der Waals surface area contributed by atoms with Crippen LogP contribution in [0, 0.1) is 5.92 Å². The Morgan fingerprint density at radius 1 is 0.767 bits per heavy atom. The number of nitrogens with zero attached hydrogens (tertiary/aromatic N) is 3. The van der Waals surface area contributed by atoms with Crippen LogP contribution in [0.5, 0.6) is 0 Å². The van der Waals surface area contributed by atoms with Crippen molar-refractivity contribution >= 4 is 11.8 Å². The second-order valence-corrected chi connectivity index (χ2v) is 8.78. The molecule has 4 aliphatic rings. The molecule has 30 heavy (non-hydrogen) atoms. The Balaban J connectivity index is 1.18. The molecule has 5 heteroatoms. The smallest absolute Gasteiger partial charge is 0.410 e. The number of benzene rings is 2. The lowest BCUT2D eigenvalue weighted by atomic mass is 9.93. The van der Waals surface area contributed by atoms with Crippen molar-refractivity contribution in [3.63, 3.8) is 0 Å². The van der Waals surface area contributed by atoms with E-state index in [1.54, 1.807) is 0 Å². The van der Waals surface area contributed by atoms with E-state index in [1.165, 1.54) is 42.7 Å². The number of piperazine rings is 1. The molecular weight excluding hydrogens is 374 g/mol. The summed E-state index contributed by atoms with van der Waals surface area (Å²) in [6.07, 6.45) is 3.32. The summed E-state index contributed by atoms with van der Waals surface area (Å²) in [5, 5.41) is 0. The summed E-state index contributed by atoms with van der Waals surface area (Å²) < 4.78 is 6.00. The lowest BCUT2D eigenvalue weighted by molar-refractivity contribution is 0.0301. The molecule has 4 aliphatic heterocycles. The second-order valence-electron chi connectivity index (χ2n) is 8.78. The van der Waals surface area contributed by atoms with Gasteiger partial charge in [0.1, 0.15) is 6.10 Å². The Hall–Kier alpha value is -2.53. The zero-order chi connectivity index (χ0) is 20.3. The Labute approximate surface area is 179 Å². The zero-order valence-corrected chi connectivity index (χ0v) is 17.6. The van der Waals surface area contributed by atoms with Crippen molar-refractivity contribution in [1.29, 1.82) is 0 Å². The largest absolute Gasteiger partial charge is 0.446 e. The van der Waals surface area contributed by atoms with Gasteiger partial charge >= 0.3 is 6.09 Å². The number of ether oxygens (including phenoxy) is 1. The van der Waals surface area contributed by atoms with Crippen LogP contribution in [0.2, 0.25) is 0 Å². The van der Waals surface area contributed by atoms with Crippen LogP contribution < -0.4 is 4.90 Å². The number of amides is 1. The Bertz CT molecular complexity index is 856. The molecule has 1 unspecified atom stereocenters. The van der Waals surface area contributed by atoms with Crippen LogP contribution in [0.15, 0.2) is 54.6 Å². The normalized spacial score (nSPS) is 26.3. The molecule has 1 atom stereocenters. The van der Waals surface area contributed by atoms with E-state index >= 15 is 0 Å². The third kappa shape index (κ3) is 4.17. The van der Waals surface area contributed by atoms with Gasteiger partial charge in [0.05, 0.1) is 0 Å². The zero-order valence-electron chi connectivity index (χ0n) is 17.6. The van der Waals surface area contributed by atoms with Crippen LogP contribution in [0.3, 0.4) is 0 Å². The minimum atomic E-state index is -0.113. The fourth-order valence-electron chi connectivity index (χ4n) is 5.11. The predicted molar refractivity (Wildman–Crippen MR) is 120 cm³/mol. The first-order valence-electron chi connectivity index (χ1n) is 11.3. The maximum absolute atomic E-state index is 12.8. The first-order chi connectivity index (χ1) is 14.8. The second kappa shape index (κ2) is 8.68. The molecule has 0 saturated carbocycles. The number of carbonyl (C=O) groups excluding carboxylic acids is 1. The van der Waals surface area contributed by atoms with Crippen LogP contribution in [-0.4, -0.2) is 67.8 Å². The van der Waals surface area contributed by atoms with Crippen molar-refractivity contribution in [1.82, 2.24) is 9.80 Å². The van der Waals surface area contributed by atoms with Crippen LogP contribution in [0.4, 0.5) is 10.5 Å². The molecule has 0 aliphatic carbocycles. The van der Waals surface area contributed by atoms with E-state index in [0.29, 0.717) is 5.92 Å². The van der Waals surface area contributed by atoms with Crippen LogP contribution in [0.1, 0.15) is 19.3 Å². The van der Waals surface area contributed by atoms with Gasteiger partial charge in [0.25, 0.3) is 0 Å². The van der Waals surface area contributed by atoms with Gasteiger partial charge in [-0.15, -0.1) is 0 Å². The molecule has 6 rings (SSSR count). The van der Waals surface area contributed by atoms with E-state index in [0.717, 1.165) is 39.1 Å². The first kappa shape index (κ1) is 19.4. The van der Waals surface area contributed by atoms with E-state index in [1.807, 2.05) is 11.0 Å². The number of carbonyl (C=O) groups is 1. The Morgan fingerprint density at radius 3 is 2.23 bits per heavy atom. The van der Waals surface area contributed by atoms with Gasteiger partial charge in [-0.1, -0.05) is 42.5 Å². The number of fused-ring (bicyclic) bond motifs is 4. The summed E-state index contributed by atoms with van der Waals surface area (Å²) in [6.45, 7) is 6.53. The molecule has 5 nitrogen and oxygen atoms in total. The number of hydrogen-bond acceptors (Lipinski definition) is 4. The molecule has 2 bridgehead atoms. The molecule has 2 aromatic carbocycles. The summed E-state index contributed by atoms with van der Waals surface area (Å²) in [4.78, 5) is 19.6. The Morgan fingerprint density at radius 2 is 1.47 bits per heavy atom. The molecular formula is C25H31N3O2. The highest BCUT2D eigenvalue weighted by Gasteiger charge is 2.34.